The third-order valence-corrected chi connectivity index (χ3v) is 3.11. The predicted molar refractivity (Wildman–Crippen MR) is 54.6 cm³/mol. The van der Waals surface area contributed by atoms with Gasteiger partial charge >= 0.3 is 0 Å². The maximum Gasteiger partial charge on any atom is 0.159 e. The Morgan fingerprint density at radius 2 is 2.25 bits per heavy atom. The summed E-state index contributed by atoms with van der Waals surface area (Å²) in [5, 5.41) is 0.267. The second kappa shape index (κ2) is 4.13. The first-order chi connectivity index (χ1) is 5.65. The van der Waals surface area contributed by atoms with Crippen LogP contribution >= 0.6 is 12.6 Å². The molecule has 1 aliphatic carbocycles. The number of hydrogen-bond acceptors (Lipinski definition) is 2. The first-order valence-electron chi connectivity index (χ1n) is 4.54. The minimum absolute atomic E-state index is 0.211. The Labute approximate surface area is 79.6 Å². The van der Waals surface area contributed by atoms with Crippen molar-refractivity contribution in [2.75, 3.05) is 0 Å². The number of allylic oxidation sites excluding steroid dienone is 1. The van der Waals surface area contributed by atoms with Gasteiger partial charge in [0.1, 0.15) is 0 Å². The lowest BCUT2D eigenvalue weighted by Crippen LogP contribution is -2.26. The summed E-state index contributed by atoms with van der Waals surface area (Å²) in [5.41, 5.74) is 0.804. The van der Waals surface area contributed by atoms with Crippen LogP contribution in [-0.2, 0) is 4.79 Å². The first-order valence-corrected chi connectivity index (χ1v) is 5.05. The summed E-state index contributed by atoms with van der Waals surface area (Å²) < 4.78 is 0. The van der Waals surface area contributed by atoms with Crippen LogP contribution < -0.4 is 0 Å². The standard InChI is InChI=1S/C10H16OS/c1-3-4-8-5-7(2)9(11)6-10(8)12/h8,10,12H,2-6H2,1H3/t8-,10?/m1/s1. The smallest absolute Gasteiger partial charge is 0.159 e. The number of rotatable bonds is 2. The molecule has 2 heteroatoms. The Morgan fingerprint density at radius 3 is 2.83 bits per heavy atom. The second-order valence-electron chi connectivity index (χ2n) is 3.55. The fraction of sp³-hybridized carbons (Fsp3) is 0.700. The van der Waals surface area contributed by atoms with E-state index in [1.54, 1.807) is 0 Å². The number of carbonyl (C=O) groups is 1. The third-order valence-electron chi connectivity index (χ3n) is 2.50. The molecule has 1 rings (SSSR count). The summed E-state index contributed by atoms with van der Waals surface area (Å²) in [6, 6.07) is 0. The fourth-order valence-electron chi connectivity index (χ4n) is 1.73. The van der Waals surface area contributed by atoms with E-state index < -0.39 is 0 Å². The van der Waals surface area contributed by atoms with Crippen LogP contribution in [0.3, 0.4) is 0 Å². The lowest BCUT2D eigenvalue weighted by atomic mass is 9.82. The summed E-state index contributed by atoms with van der Waals surface area (Å²) in [6.45, 7) is 5.94. The molecule has 2 atom stereocenters. The predicted octanol–water partition coefficient (Wildman–Crippen LogP) is 2.62. The SMILES string of the molecule is C=C1C[C@@H](CCC)C(S)CC1=O. The lowest BCUT2D eigenvalue weighted by Gasteiger charge is -2.28. The van der Waals surface area contributed by atoms with E-state index in [0.29, 0.717) is 12.3 Å². The van der Waals surface area contributed by atoms with E-state index in [0.717, 1.165) is 12.0 Å². The molecule has 0 saturated heterocycles. The fourth-order valence-corrected chi connectivity index (χ4v) is 2.15. The first kappa shape index (κ1) is 9.85. The monoisotopic (exact) mass is 184 g/mol. The molecule has 0 aromatic rings. The van der Waals surface area contributed by atoms with Gasteiger partial charge in [0, 0.05) is 11.7 Å². The van der Waals surface area contributed by atoms with Gasteiger partial charge in [0.05, 0.1) is 0 Å². The number of thiol groups is 1. The van der Waals surface area contributed by atoms with Crippen molar-refractivity contribution >= 4 is 18.4 Å². The largest absolute Gasteiger partial charge is 0.295 e. The highest BCUT2D eigenvalue weighted by Gasteiger charge is 2.28. The quantitative estimate of drug-likeness (QED) is 0.515. The zero-order valence-electron chi connectivity index (χ0n) is 7.55. The third kappa shape index (κ3) is 2.13. The van der Waals surface area contributed by atoms with Crippen molar-refractivity contribution < 1.29 is 4.79 Å². The summed E-state index contributed by atoms with van der Waals surface area (Å²) in [7, 11) is 0. The highest BCUT2D eigenvalue weighted by atomic mass is 32.1. The van der Waals surface area contributed by atoms with Crippen LogP contribution in [0.1, 0.15) is 32.6 Å². The van der Waals surface area contributed by atoms with Crippen LogP contribution in [0.5, 0.6) is 0 Å². The lowest BCUT2D eigenvalue weighted by molar-refractivity contribution is -0.116. The number of hydrogen-bond donors (Lipinski definition) is 1. The maximum absolute atomic E-state index is 11.2. The molecule has 0 bridgehead atoms. The zero-order valence-corrected chi connectivity index (χ0v) is 8.44. The van der Waals surface area contributed by atoms with Crippen molar-refractivity contribution in [1.82, 2.24) is 0 Å². The van der Waals surface area contributed by atoms with E-state index in [9.17, 15) is 4.79 Å². The minimum atomic E-state index is 0.211. The topological polar surface area (TPSA) is 17.1 Å². The van der Waals surface area contributed by atoms with E-state index in [1.807, 2.05) is 0 Å². The van der Waals surface area contributed by atoms with Crippen molar-refractivity contribution in [3.05, 3.63) is 12.2 Å². The highest BCUT2D eigenvalue weighted by Crippen LogP contribution is 2.31. The van der Waals surface area contributed by atoms with Gasteiger partial charge in [-0.15, -0.1) is 0 Å². The molecule has 68 valence electrons. The molecule has 0 aromatic heterocycles. The molecule has 0 amide bonds. The summed E-state index contributed by atoms with van der Waals surface area (Å²) in [4.78, 5) is 11.2. The van der Waals surface area contributed by atoms with Gasteiger partial charge in [-0.1, -0.05) is 19.9 Å². The Balaban J connectivity index is 2.55. The van der Waals surface area contributed by atoms with Crippen molar-refractivity contribution in [3.8, 4) is 0 Å². The maximum atomic E-state index is 11.2. The van der Waals surface area contributed by atoms with Crippen LogP contribution in [-0.4, -0.2) is 11.0 Å². The molecule has 1 unspecified atom stereocenters. The van der Waals surface area contributed by atoms with Crippen molar-refractivity contribution in [3.63, 3.8) is 0 Å². The van der Waals surface area contributed by atoms with Gasteiger partial charge in [0.25, 0.3) is 0 Å². The van der Waals surface area contributed by atoms with Crippen LogP contribution in [0.4, 0.5) is 0 Å². The Kier molecular flexibility index (Phi) is 3.39. The van der Waals surface area contributed by atoms with Crippen LogP contribution in [0.2, 0.25) is 0 Å². The highest BCUT2D eigenvalue weighted by molar-refractivity contribution is 7.81. The van der Waals surface area contributed by atoms with Crippen LogP contribution in [0, 0.1) is 5.92 Å². The number of ketones is 1. The van der Waals surface area contributed by atoms with Crippen molar-refractivity contribution in [2.24, 2.45) is 5.92 Å². The Morgan fingerprint density at radius 1 is 1.58 bits per heavy atom. The van der Waals surface area contributed by atoms with Gasteiger partial charge in [-0.2, -0.15) is 12.6 Å². The van der Waals surface area contributed by atoms with E-state index >= 15 is 0 Å². The van der Waals surface area contributed by atoms with Gasteiger partial charge in [-0.25, -0.2) is 0 Å². The molecule has 1 saturated carbocycles. The van der Waals surface area contributed by atoms with Crippen LogP contribution in [0.25, 0.3) is 0 Å². The molecule has 0 radical (unpaired) electrons. The molecule has 1 fully saturated rings. The van der Waals surface area contributed by atoms with E-state index in [4.69, 9.17) is 0 Å². The Hall–Kier alpha value is -0.240. The average Bonchev–Trinajstić information content (AvgIpc) is 2.01. The average molecular weight is 184 g/mol. The molecule has 1 nitrogen and oxygen atoms in total. The molecule has 1 aliphatic rings. The molecule has 0 aliphatic heterocycles. The molecule has 12 heavy (non-hydrogen) atoms. The second-order valence-corrected chi connectivity index (χ2v) is 4.21. The van der Waals surface area contributed by atoms with Gasteiger partial charge in [-0.3, -0.25) is 4.79 Å². The Bertz CT molecular complexity index is 198. The molecular formula is C10H16OS. The van der Waals surface area contributed by atoms with Gasteiger partial charge in [-0.05, 0) is 24.3 Å². The molecule has 0 aromatic carbocycles. The van der Waals surface area contributed by atoms with E-state index in [1.165, 1.54) is 12.8 Å². The summed E-state index contributed by atoms with van der Waals surface area (Å²) in [6.07, 6.45) is 3.79. The number of carbonyl (C=O) groups excluding carboxylic acids is 1. The normalized spacial score (nSPS) is 30.8. The molecule has 0 heterocycles. The van der Waals surface area contributed by atoms with Crippen molar-refractivity contribution in [1.29, 1.82) is 0 Å². The van der Waals surface area contributed by atoms with E-state index in [-0.39, 0.29) is 11.0 Å². The molecule has 0 N–H and O–H groups in total. The molecule has 0 spiro atoms. The van der Waals surface area contributed by atoms with Gasteiger partial charge in [0.15, 0.2) is 5.78 Å². The number of Topliss-reactive ketones (excluding diaryl/α,β-unsaturated/α-hetero) is 1. The van der Waals surface area contributed by atoms with Gasteiger partial charge < -0.3 is 0 Å². The van der Waals surface area contributed by atoms with E-state index in [2.05, 4.69) is 26.1 Å². The summed E-state index contributed by atoms with van der Waals surface area (Å²) >= 11 is 4.43. The van der Waals surface area contributed by atoms with Gasteiger partial charge in [0.2, 0.25) is 0 Å². The summed E-state index contributed by atoms with van der Waals surface area (Å²) in [5.74, 6) is 0.783. The van der Waals surface area contributed by atoms with Crippen molar-refractivity contribution in [2.45, 2.75) is 37.9 Å². The minimum Gasteiger partial charge on any atom is -0.295 e. The molecular weight excluding hydrogens is 168 g/mol. The van der Waals surface area contributed by atoms with Crippen LogP contribution in [0.15, 0.2) is 12.2 Å². The zero-order chi connectivity index (χ0) is 9.14.